The molecule has 1 aliphatic rings. The standard InChI is InChI=1S/C26H40N2O3/c1-2-3-6-11-23(29)16-14-22-15-17-25(30)24(22)12-7-4-5-8-13-26(31)28-20-21-10-9-18-27-19-21/h9-10,14,16,18-19,22-24,29H,2-8,11-13,15,17,20H2,1H3,(H,28,31)/t22-,23+,24+/m1/s1. The molecule has 1 aromatic heterocycles. The molecule has 0 unspecified atom stereocenters. The molecule has 0 saturated heterocycles. The fraction of sp³-hybridized carbons (Fsp3) is 0.654. The molecule has 2 rings (SSSR count). The van der Waals surface area contributed by atoms with Gasteiger partial charge in [0.1, 0.15) is 5.78 Å². The number of hydrogen-bond acceptors (Lipinski definition) is 4. The van der Waals surface area contributed by atoms with Gasteiger partial charge < -0.3 is 10.4 Å². The van der Waals surface area contributed by atoms with Gasteiger partial charge in [-0.2, -0.15) is 0 Å². The lowest BCUT2D eigenvalue weighted by molar-refractivity contribution is -0.122. The molecule has 1 aliphatic carbocycles. The maximum atomic E-state index is 12.3. The van der Waals surface area contributed by atoms with Crippen molar-refractivity contribution in [3.63, 3.8) is 0 Å². The van der Waals surface area contributed by atoms with E-state index in [0.29, 0.717) is 25.2 Å². The lowest BCUT2D eigenvalue weighted by Gasteiger charge is -2.15. The van der Waals surface area contributed by atoms with Crippen LogP contribution in [0.2, 0.25) is 0 Å². The number of nitrogens with zero attached hydrogens (tertiary/aromatic N) is 1. The Morgan fingerprint density at radius 3 is 2.87 bits per heavy atom. The maximum absolute atomic E-state index is 12.3. The second kappa shape index (κ2) is 14.9. The average molecular weight is 429 g/mol. The fourth-order valence-corrected chi connectivity index (χ4v) is 4.31. The molecule has 0 spiro atoms. The minimum absolute atomic E-state index is 0.0810. The Balaban J connectivity index is 1.57. The first-order valence-electron chi connectivity index (χ1n) is 12.1. The van der Waals surface area contributed by atoms with Crippen molar-refractivity contribution < 1.29 is 14.7 Å². The highest BCUT2D eigenvalue weighted by Gasteiger charge is 2.32. The van der Waals surface area contributed by atoms with E-state index in [1.54, 1.807) is 12.4 Å². The first kappa shape index (κ1) is 25.3. The van der Waals surface area contributed by atoms with E-state index in [0.717, 1.165) is 69.8 Å². The first-order chi connectivity index (χ1) is 15.1. The maximum Gasteiger partial charge on any atom is 0.220 e. The second-order valence-electron chi connectivity index (χ2n) is 8.81. The third-order valence-electron chi connectivity index (χ3n) is 6.22. The monoisotopic (exact) mass is 428 g/mol. The summed E-state index contributed by atoms with van der Waals surface area (Å²) in [6.07, 6.45) is 18.3. The summed E-state index contributed by atoms with van der Waals surface area (Å²) >= 11 is 0. The Bertz CT molecular complexity index is 674. The van der Waals surface area contributed by atoms with Crippen LogP contribution < -0.4 is 5.32 Å². The first-order valence-corrected chi connectivity index (χ1v) is 12.1. The van der Waals surface area contributed by atoms with Gasteiger partial charge in [-0.05, 0) is 43.2 Å². The predicted molar refractivity (Wildman–Crippen MR) is 124 cm³/mol. The molecule has 1 fully saturated rings. The zero-order valence-electron chi connectivity index (χ0n) is 19.1. The van der Waals surface area contributed by atoms with Crippen LogP contribution in [0.25, 0.3) is 0 Å². The summed E-state index contributed by atoms with van der Waals surface area (Å²) in [5.41, 5.74) is 1.01. The van der Waals surface area contributed by atoms with Crippen LogP contribution in [0.15, 0.2) is 36.7 Å². The molecule has 0 aromatic carbocycles. The van der Waals surface area contributed by atoms with Gasteiger partial charge in [0.05, 0.1) is 6.10 Å². The number of rotatable bonds is 15. The number of carbonyl (C=O) groups is 2. The minimum Gasteiger partial charge on any atom is -0.389 e. The molecule has 5 heteroatoms. The van der Waals surface area contributed by atoms with E-state index in [-0.39, 0.29) is 23.8 Å². The number of pyridine rings is 1. The van der Waals surface area contributed by atoms with Crippen LogP contribution >= 0.6 is 0 Å². The summed E-state index contributed by atoms with van der Waals surface area (Å²) in [6.45, 7) is 2.69. The molecular weight excluding hydrogens is 388 g/mol. The summed E-state index contributed by atoms with van der Waals surface area (Å²) in [5, 5.41) is 13.0. The highest BCUT2D eigenvalue weighted by atomic mass is 16.3. The van der Waals surface area contributed by atoms with E-state index >= 15 is 0 Å². The van der Waals surface area contributed by atoms with Gasteiger partial charge in [-0.15, -0.1) is 0 Å². The molecule has 1 heterocycles. The van der Waals surface area contributed by atoms with Gasteiger partial charge in [-0.3, -0.25) is 14.6 Å². The zero-order valence-corrected chi connectivity index (χ0v) is 19.1. The lowest BCUT2D eigenvalue weighted by atomic mass is 9.89. The van der Waals surface area contributed by atoms with E-state index in [1.807, 2.05) is 18.2 Å². The molecule has 31 heavy (non-hydrogen) atoms. The van der Waals surface area contributed by atoms with E-state index < -0.39 is 0 Å². The molecule has 0 radical (unpaired) electrons. The molecular formula is C26H40N2O3. The van der Waals surface area contributed by atoms with Crippen LogP contribution in [0.1, 0.15) is 89.5 Å². The SMILES string of the molecule is CCCCC[C@H](O)C=C[C@@H]1CCC(=O)[C@H]1CCCCCCC(=O)NCc1cccnc1. The molecule has 5 nitrogen and oxygen atoms in total. The van der Waals surface area contributed by atoms with Crippen molar-refractivity contribution >= 4 is 11.7 Å². The van der Waals surface area contributed by atoms with Crippen molar-refractivity contribution in [1.82, 2.24) is 10.3 Å². The predicted octanol–water partition coefficient (Wildman–Crippen LogP) is 5.13. The lowest BCUT2D eigenvalue weighted by Crippen LogP contribution is -2.22. The number of amides is 1. The average Bonchev–Trinajstić information content (AvgIpc) is 3.13. The molecule has 172 valence electrons. The van der Waals surface area contributed by atoms with Crippen molar-refractivity contribution in [3.8, 4) is 0 Å². The summed E-state index contributed by atoms with van der Waals surface area (Å²) in [5.74, 6) is 0.857. The topological polar surface area (TPSA) is 79.3 Å². The molecule has 1 aromatic rings. The molecule has 1 saturated carbocycles. The Kier molecular flexibility index (Phi) is 12.1. The van der Waals surface area contributed by atoms with Crippen LogP contribution in [0, 0.1) is 11.8 Å². The number of Topliss-reactive ketones (excluding diaryl/α,β-unsaturated/α-hetero) is 1. The molecule has 0 bridgehead atoms. The van der Waals surface area contributed by atoms with Gasteiger partial charge in [0, 0.05) is 37.7 Å². The third-order valence-corrected chi connectivity index (χ3v) is 6.22. The van der Waals surface area contributed by atoms with E-state index in [2.05, 4.69) is 23.3 Å². The minimum atomic E-state index is -0.382. The van der Waals surface area contributed by atoms with Gasteiger partial charge in [-0.1, -0.05) is 63.7 Å². The Labute approximate surface area is 187 Å². The molecule has 3 atom stereocenters. The van der Waals surface area contributed by atoms with Gasteiger partial charge in [0.15, 0.2) is 0 Å². The number of aliphatic hydroxyl groups excluding tert-OH is 1. The summed E-state index contributed by atoms with van der Waals surface area (Å²) in [4.78, 5) is 28.3. The van der Waals surface area contributed by atoms with Crippen LogP contribution in [-0.4, -0.2) is 27.9 Å². The Hall–Kier alpha value is -2.01. The van der Waals surface area contributed by atoms with Gasteiger partial charge in [0.2, 0.25) is 5.91 Å². The van der Waals surface area contributed by atoms with Crippen LogP contribution in [0.3, 0.4) is 0 Å². The number of carbonyl (C=O) groups excluding carboxylic acids is 2. The Morgan fingerprint density at radius 2 is 2.10 bits per heavy atom. The fourth-order valence-electron chi connectivity index (χ4n) is 4.31. The number of aliphatic hydroxyl groups is 1. The number of unbranched alkanes of at least 4 members (excludes halogenated alkanes) is 5. The van der Waals surface area contributed by atoms with Crippen LogP contribution in [0.5, 0.6) is 0 Å². The van der Waals surface area contributed by atoms with E-state index in [4.69, 9.17) is 0 Å². The normalized spacial score (nSPS) is 19.7. The second-order valence-corrected chi connectivity index (χ2v) is 8.81. The molecule has 2 N–H and O–H groups in total. The van der Waals surface area contributed by atoms with Crippen molar-refractivity contribution in [2.45, 2.75) is 96.6 Å². The summed E-state index contributed by atoms with van der Waals surface area (Å²) in [6, 6.07) is 3.82. The number of hydrogen-bond donors (Lipinski definition) is 2. The van der Waals surface area contributed by atoms with E-state index in [9.17, 15) is 14.7 Å². The molecule has 0 aliphatic heterocycles. The van der Waals surface area contributed by atoms with Crippen molar-refractivity contribution in [3.05, 3.63) is 42.2 Å². The number of allylic oxidation sites excluding steroid dienone is 1. The van der Waals surface area contributed by atoms with Crippen molar-refractivity contribution in [1.29, 1.82) is 0 Å². The summed E-state index contributed by atoms with van der Waals surface area (Å²) in [7, 11) is 0. The highest BCUT2D eigenvalue weighted by Crippen LogP contribution is 2.34. The van der Waals surface area contributed by atoms with Crippen molar-refractivity contribution in [2.75, 3.05) is 0 Å². The molecule has 1 amide bonds. The third kappa shape index (κ3) is 10.2. The quantitative estimate of drug-likeness (QED) is 0.300. The van der Waals surface area contributed by atoms with Gasteiger partial charge >= 0.3 is 0 Å². The van der Waals surface area contributed by atoms with Crippen LogP contribution in [0.4, 0.5) is 0 Å². The smallest absolute Gasteiger partial charge is 0.220 e. The Morgan fingerprint density at radius 1 is 1.26 bits per heavy atom. The largest absolute Gasteiger partial charge is 0.389 e. The number of aromatic nitrogens is 1. The van der Waals surface area contributed by atoms with Gasteiger partial charge in [-0.25, -0.2) is 0 Å². The summed E-state index contributed by atoms with van der Waals surface area (Å²) < 4.78 is 0. The highest BCUT2D eigenvalue weighted by molar-refractivity contribution is 5.83. The van der Waals surface area contributed by atoms with Gasteiger partial charge in [0.25, 0.3) is 0 Å². The zero-order chi connectivity index (χ0) is 22.3. The van der Waals surface area contributed by atoms with Crippen molar-refractivity contribution in [2.24, 2.45) is 11.8 Å². The van der Waals surface area contributed by atoms with E-state index in [1.165, 1.54) is 0 Å². The van der Waals surface area contributed by atoms with Crippen LogP contribution in [-0.2, 0) is 16.1 Å². The number of ketones is 1. The number of nitrogens with one attached hydrogen (secondary N) is 1.